The number of sulfonamides is 1. The lowest BCUT2D eigenvalue weighted by molar-refractivity contribution is -0.111. The van der Waals surface area contributed by atoms with Gasteiger partial charge >= 0.3 is 5.97 Å². The Hall–Kier alpha value is -4.64. The molecule has 0 aliphatic carbocycles. The molecule has 11 heteroatoms. The highest BCUT2D eigenvalue weighted by atomic mass is 32.2. The zero-order valence-corrected chi connectivity index (χ0v) is 20.0. The Balaban J connectivity index is 0.000000249. The molecule has 3 aromatic carbocycles. The van der Waals surface area contributed by atoms with Crippen LogP contribution in [0.2, 0.25) is 0 Å². The summed E-state index contributed by atoms with van der Waals surface area (Å²) in [4.78, 5) is 34.2. The van der Waals surface area contributed by atoms with Gasteiger partial charge in [0.05, 0.1) is 31.0 Å². The Kier molecular flexibility index (Phi) is 8.07. The third-order valence-corrected chi connectivity index (χ3v) is 6.29. The van der Waals surface area contributed by atoms with Crippen LogP contribution < -0.4 is 19.5 Å². The maximum absolute atomic E-state index is 12.0. The number of benzene rings is 3. The molecule has 4 rings (SSSR count). The Morgan fingerprint density at radius 2 is 1.61 bits per heavy atom. The number of fused-ring (bicyclic) bond motifs is 1. The highest BCUT2D eigenvalue weighted by Gasteiger charge is 2.31. The molecule has 0 saturated carbocycles. The van der Waals surface area contributed by atoms with Crippen molar-refractivity contribution in [2.45, 2.75) is 4.90 Å². The summed E-state index contributed by atoms with van der Waals surface area (Å²) in [5, 5.41) is 11.6. The van der Waals surface area contributed by atoms with Gasteiger partial charge in [-0.05, 0) is 48.0 Å². The molecule has 0 fully saturated rings. The van der Waals surface area contributed by atoms with E-state index in [-0.39, 0.29) is 21.7 Å². The molecule has 0 aromatic heterocycles. The third-order valence-electron chi connectivity index (χ3n) is 4.90. The Bertz CT molecular complexity index is 1450. The molecule has 1 aliphatic heterocycles. The molecule has 3 N–H and O–H groups in total. The number of carboxylic acids is 1. The van der Waals surface area contributed by atoms with Crippen molar-refractivity contribution >= 4 is 39.6 Å². The minimum absolute atomic E-state index is 0.0327. The van der Waals surface area contributed by atoms with Crippen LogP contribution in [0, 0.1) is 0 Å². The van der Waals surface area contributed by atoms with Crippen LogP contribution in [0.15, 0.2) is 77.7 Å². The van der Waals surface area contributed by atoms with Gasteiger partial charge in [0.2, 0.25) is 5.91 Å². The van der Waals surface area contributed by atoms with Crippen LogP contribution in [-0.2, 0) is 14.8 Å². The Morgan fingerprint density at radius 3 is 2.28 bits per heavy atom. The fraction of sp³-hybridized carbons (Fsp3) is 0.0800. The van der Waals surface area contributed by atoms with E-state index in [9.17, 15) is 22.8 Å². The molecular weight excluding hydrogens is 488 g/mol. The van der Waals surface area contributed by atoms with Crippen LogP contribution in [0.5, 0.6) is 11.5 Å². The van der Waals surface area contributed by atoms with Gasteiger partial charge < -0.3 is 19.9 Å². The number of carbonyl (C=O) groups excluding carboxylic acids is 2. The summed E-state index contributed by atoms with van der Waals surface area (Å²) < 4.78 is 34.5. The van der Waals surface area contributed by atoms with Crippen LogP contribution in [0.25, 0.3) is 6.08 Å². The van der Waals surface area contributed by atoms with E-state index in [2.05, 4.69) is 5.32 Å². The number of para-hydroxylation sites is 1. The van der Waals surface area contributed by atoms with E-state index in [1.807, 2.05) is 4.72 Å². The first-order chi connectivity index (χ1) is 17.2. The van der Waals surface area contributed by atoms with Crippen LogP contribution in [0.4, 0.5) is 5.69 Å². The Labute approximate surface area is 207 Å². The predicted octanol–water partition coefficient (Wildman–Crippen LogP) is 3.17. The van der Waals surface area contributed by atoms with Crippen molar-refractivity contribution in [3.63, 3.8) is 0 Å². The second-order valence-corrected chi connectivity index (χ2v) is 8.87. The van der Waals surface area contributed by atoms with Gasteiger partial charge in [0.1, 0.15) is 4.90 Å². The summed E-state index contributed by atoms with van der Waals surface area (Å²) in [6.07, 6.45) is 2.92. The van der Waals surface area contributed by atoms with Crippen molar-refractivity contribution < 1.29 is 37.4 Å². The van der Waals surface area contributed by atoms with Gasteiger partial charge in [0.25, 0.3) is 15.9 Å². The molecule has 3 aromatic rings. The number of carboxylic acid groups (broad SMARTS) is 1. The molecular formula is C25H22N2O8S. The van der Waals surface area contributed by atoms with E-state index >= 15 is 0 Å². The number of amides is 2. The Morgan fingerprint density at radius 1 is 0.944 bits per heavy atom. The van der Waals surface area contributed by atoms with Crippen LogP contribution in [0.3, 0.4) is 0 Å². The summed E-state index contributed by atoms with van der Waals surface area (Å²) >= 11 is 0. The monoisotopic (exact) mass is 510 g/mol. The molecule has 1 heterocycles. The van der Waals surface area contributed by atoms with Gasteiger partial charge in [-0.1, -0.05) is 30.3 Å². The molecule has 0 saturated heterocycles. The van der Waals surface area contributed by atoms with Crippen LogP contribution >= 0.6 is 0 Å². The quantitative estimate of drug-likeness (QED) is 0.428. The number of nitrogens with one attached hydrogen (secondary N) is 2. The first kappa shape index (κ1) is 26.0. The number of methoxy groups -OCH3 is 2. The largest absolute Gasteiger partial charge is 0.493 e. The second-order valence-electron chi connectivity index (χ2n) is 7.22. The predicted molar refractivity (Wildman–Crippen MR) is 132 cm³/mol. The van der Waals surface area contributed by atoms with Gasteiger partial charge in [0, 0.05) is 6.08 Å². The summed E-state index contributed by atoms with van der Waals surface area (Å²) in [6, 6.07) is 17.5. The minimum atomic E-state index is -3.55. The fourth-order valence-electron chi connectivity index (χ4n) is 3.20. The lowest BCUT2D eigenvalue weighted by Crippen LogP contribution is -2.20. The van der Waals surface area contributed by atoms with Crippen molar-refractivity contribution in [2.24, 2.45) is 0 Å². The standard InChI is InChI=1S/C18H17NO5.C7H5NO3S/c1-23-15-9-7-12(11-16(15)24-2)8-10-17(20)19-14-6-4-3-5-13(14)18(21)22;9-7-5-3-1-2-4-6(5)12(10,11)8-7/h3-11H,1-2H3,(H,19,20)(H,21,22);1-4H,(H,8,9)/b10-8+;. The average molecular weight is 511 g/mol. The smallest absolute Gasteiger partial charge is 0.337 e. The van der Waals surface area contributed by atoms with Crippen LogP contribution in [-0.4, -0.2) is 45.5 Å². The minimum Gasteiger partial charge on any atom is -0.493 e. The summed E-state index contributed by atoms with van der Waals surface area (Å²) in [7, 11) is -0.483. The number of hydrogen-bond acceptors (Lipinski definition) is 7. The highest BCUT2D eigenvalue weighted by molar-refractivity contribution is 7.90. The number of hydrogen-bond donors (Lipinski definition) is 3. The lowest BCUT2D eigenvalue weighted by Gasteiger charge is -2.08. The highest BCUT2D eigenvalue weighted by Crippen LogP contribution is 2.28. The van der Waals surface area contributed by atoms with E-state index < -0.39 is 27.8 Å². The van der Waals surface area contributed by atoms with Gasteiger partial charge in [0.15, 0.2) is 11.5 Å². The van der Waals surface area contributed by atoms with Crippen LogP contribution in [0.1, 0.15) is 26.3 Å². The van der Waals surface area contributed by atoms with Gasteiger partial charge in [-0.15, -0.1) is 0 Å². The van der Waals surface area contributed by atoms with Crippen molar-refractivity contribution in [3.8, 4) is 11.5 Å². The van der Waals surface area contributed by atoms with Gasteiger partial charge in [-0.25, -0.2) is 17.9 Å². The van der Waals surface area contributed by atoms with E-state index in [1.54, 1.807) is 55.7 Å². The average Bonchev–Trinajstić information content (AvgIpc) is 3.11. The summed E-state index contributed by atoms with van der Waals surface area (Å²) in [5.41, 5.74) is 1.24. The fourth-order valence-corrected chi connectivity index (χ4v) is 4.37. The van der Waals surface area contributed by atoms with E-state index in [0.29, 0.717) is 11.5 Å². The normalized spacial score (nSPS) is 13.1. The number of carbonyl (C=O) groups is 3. The zero-order valence-electron chi connectivity index (χ0n) is 19.2. The summed E-state index contributed by atoms with van der Waals surface area (Å²) in [5.74, 6) is -0.940. The third kappa shape index (κ3) is 6.07. The molecule has 0 atom stereocenters. The maximum atomic E-state index is 12.0. The van der Waals surface area contributed by atoms with Crippen molar-refractivity contribution in [3.05, 3.63) is 89.5 Å². The van der Waals surface area contributed by atoms with E-state index in [0.717, 1.165) is 5.56 Å². The van der Waals surface area contributed by atoms with Crippen molar-refractivity contribution in [1.82, 2.24) is 4.72 Å². The zero-order chi connectivity index (χ0) is 26.3. The molecule has 10 nitrogen and oxygen atoms in total. The lowest BCUT2D eigenvalue weighted by atomic mass is 10.1. The first-order valence-electron chi connectivity index (χ1n) is 10.4. The van der Waals surface area contributed by atoms with E-state index in [1.165, 1.54) is 37.5 Å². The van der Waals surface area contributed by atoms with Gasteiger partial charge in [-0.2, -0.15) is 0 Å². The number of aromatic carboxylic acids is 1. The molecule has 1 aliphatic rings. The van der Waals surface area contributed by atoms with Gasteiger partial charge in [-0.3, -0.25) is 9.59 Å². The molecule has 0 spiro atoms. The maximum Gasteiger partial charge on any atom is 0.337 e. The number of rotatable bonds is 6. The molecule has 0 unspecified atom stereocenters. The number of ether oxygens (including phenoxy) is 2. The topological polar surface area (TPSA) is 148 Å². The van der Waals surface area contributed by atoms with E-state index in [4.69, 9.17) is 14.6 Å². The molecule has 0 radical (unpaired) electrons. The number of anilines is 1. The van der Waals surface area contributed by atoms with Crippen molar-refractivity contribution in [1.29, 1.82) is 0 Å². The molecule has 2 amide bonds. The second kappa shape index (κ2) is 11.2. The summed E-state index contributed by atoms with van der Waals surface area (Å²) in [6.45, 7) is 0. The van der Waals surface area contributed by atoms with Crippen molar-refractivity contribution in [2.75, 3.05) is 19.5 Å². The SMILES string of the molecule is COc1ccc(/C=C/C(=O)Nc2ccccc2C(=O)O)cc1OC.O=C1NS(=O)(=O)c2ccccc21. The first-order valence-corrected chi connectivity index (χ1v) is 11.8. The molecule has 36 heavy (non-hydrogen) atoms. The molecule has 0 bridgehead atoms. The molecule has 186 valence electrons.